The topological polar surface area (TPSA) is 35.2 Å². The first kappa shape index (κ1) is 13.8. The van der Waals surface area contributed by atoms with E-state index >= 15 is 0 Å². The molecule has 0 bridgehead atoms. The molecule has 2 atom stereocenters. The van der Waals surface area contributed by atoms with Gasteiger partial charge in [-0.2, -0.15) is 0 Å². The van der Waals surface area contributed by atoms with Crippen LogP contribution in [0.5, 0.6) is 0 Å². The van der Waals surface area contributed by atoms with Crippen molar-refractivity contribution in [2.75, 3.05) is 7.11 Å². The lowest BCUT2D eigenvalue weighted by Gasteiger charge is -2.21. The summed E-state index contributed by atoms with van der Waals surface area (Å²) in [5.74, 6) is 0. The molecule has 16 heavy (non-hydrogen) atoms. The van der Waals surface area contributed by atoms with Gasteiger partial charge in [0.15, 0.2) is 0 Å². The van der Waals surface area contributed by atoms with Crippen LogP contribution in [0.1, 0.15) is 18.9 Å². The van der Waals surface area contributed by atoms with E-state index in [4.69, 9.17) is 33.7 Å². The van der Waals surface area contributed by atoms with Gasteiger partial charge >= 0.3 is 0 Å². The maximum absolute atomic E-state index is 6.08. The molecule has 0 spiro atoms. The van der Waals surface area contributed by atoms with Crippen molar-refractivity contribution in [3.05, 3.63) is 33.8 Å². The number of hydrogen-bond acceptors (Lipinski definition) is 2. The summed E-state index contributed by atoms with van der Waals surface area (Å²) < 4.78 is 5.30. The number of benzene rings is 1. The first-order chi connectivity index (χ1) is 7.58. The maximum atomic E-state index is 6.08. The summed E-state index contributed by atoms with van der Waals surface area (Å²) >= 11 is 12.0. The smallest absolute Gasteiger partial charge is 0.0722 e. The van der Waals surface area contributed by atoms with Gasteiger partial charge in [-0.05, 0) is 36.6 Å². The van der Waals surface area contributed by atoms with Gasteiger partial charge in [-0.25, -0.2) is 0 Å². The summed E-state index contributed by atoms with van der Waals surface area (Å²) in [5, 5.41) is 1.38. The molecule has 1 aromatic carbocycles. The van der Waals surface area contributed by atoms with Crippen molar-refractivity contribution in [2.24, 2.45) is 5.73 Å². The Hall–Kier alpha value is -0.280. The Morgan fingerprint density at radius 3 is 2.62 bits per heavy atom. The van der Waals surface area contributed by atoms with Gasteiger partial charge in [-0.3, -0.25) is 0 Å². The average Bonchev–Trinajstić information content (AvgIpc) is 2.25. The standard InChI is InChI=1S/C12H17Cl2NO/c1-3-12(16-2)11(15)7-8-6-9(13)4-5-10(8)14/h4-6,11-12H,3,7,15H2,1-2H3. The predicted molar refractivity (Wildman–Crippen MR) is 69.2 cm³/mol. The first-order valence-corrected chi connectivity index (χ1v) is 6.06. The fourth-order valence-corrected chi connectivity index (χ4v) is 2.12. The van der Waals surface area contributed by atoms with E-state index in [-0.39, 0.29) is 12.1 Å². The van der Waals surface area contributed by atoms with Crippen LogP contribution < -0.4 is 5.73 Å². The SMILES string of the molecule is CCC(OC)C(N)Cc1cc(Cl)ccc1Cl. The van der Waals surface area contributed by atoms with Crippen LogP contribution in [0.2, 0.25) is 10.0 Å². The van der Waals surface area contributed by atoms with Crippen molar-refractivity contribution < 1.29 is 4.74 Å². The Balaban J connectivity index is 2.75. The summed E-state index contributed by atoms with van der Waals surface area (Å²) in [6, 6.07) is 5.35. The lowest BCUT2D eigenvalue weighted by Crippen LogP contribution is -2.37. The lowest BCUT2D eigenvalue weighted by atomic mass is 10.0. The van der Waals surface area contributed by atoms with Gasteiger partial charge in [0.1, 0.15) is 0 Å². The molecule has 1 rings (SSSR count). The second kappa shape index (κ2) is 6.45. The molecule has 0 aliphatic heterocycles. The highest BCUT2D eigenvalue weighted by Crippen LogP contribution is 2.22. The average molecular weight is 262 g/mol. The zero-order valence-electron chi connectivity index (χ0n) is 9.54. The Kier molecular flexibility index (Phi) is 5.56. The number of ether oxygens (including phenoxy) is 1. The molecule has 0 saturated carbocycles. The minimum Gasteiger partial charge on any atom is -0.380 e. The van der Waals surface area contributed by atoms with Gasteiger partial charge in [0.2, 0.25) is 0 Å². The molecule has 90 valence electrons. The van der Waals surface area contributed by atoms with E-state index in [0.29, 0.717) is 16.5 Å². The maximum Gasteiger partial charge on any atom is 0.0722 e. The van der Waals surface area contributed by atoms with Gasteiger partial charge in [-0.1, -0.05) is 30.1 Å². The van der Waals surface area contributed by atoms with Crippen LogP contribution in [0.3, 0.4) is 0 Å². The van der Waals surface area contributed by atoms with Crippen molar-refractivity contribution in [2.45, 2.75) is 31.9 Å². The lowest BCUT2D eigenvalue weighted by molar-refractivity contribution is 0.0773. The Bertz CT molecular complexity index is 340. The molecule has 0 aliphatic carbocycles. The molecule has 0 fully saturated rings. The number of rotatable bonds is 5. The van der Waals surface area contributed by atoms with Crippen LogP contribution in [0, 0.1) is 0 Å². The van der Waals surface area contributed by atoms with Crippen molar-refractivity contribution in [1.82, 2.24) is 0 Å². The molecular formula is C12H17Cl2NO. The van der Waals surface area contributed by atoms with E-state index in [2.05, 4.69) is 0 Å². The van der Waals surface area contributed by atoms with E-state index in [0.717, 1.165) is 12.0 Å². The molecular weight excluding hydrogens is 245 g/mol. The molecule has 0 aromatic heterocycles. The molecule has 0 saturated heterocycles. The number of methoxy groups -OCH3 is 1. The van der Waals surface area contributed by atoms with Gasteiger partial charge in [0.05, 0.1) is 6.10 Å². The van der Waals surface area contributed by atoms with E-state index in [1.165, 1.54) is 0 Å². The number of halogens is 2. The van der Waals surface area contributed by atoms with Crippen LogP contribution >= 0.6 is 23.2 Å². The Morgan fingerprint density at radius 2 is 2.06 bits per heavy atom. The first-order valence-electron chi connectivity index (χ1n) is 5.30. The van der Waals surface area contributed by atoms with Crippen LogP contribution in [0.15, 0.2) is 18.2 Å². The number of nitrogens with two attached hydrogens (primary N) is 1. The largest absolute Gasteiger partial charge is 0.380 e. The molecule has 2 N–H and O–H groups in total. The highest BCUT2D eigenvalue weighted by molar-refractivity contribution is 6.33. The molecule has 4 heteroatoms. The summed E-state index contributed by atoms with van der Waals surface area (Å²) in [6.07, 6.45) is 1.61. The number of hydrogen-bond donors (Lipinski definition) is 1. The molecule has 2 nitrogen and oxygen atoms in total. The summed E-state index contributed by atoms with van der Waals surface area (Å²) in [5.41, 5.74) is 7.03. The zero-order chi connectivity index (χ0) is 12.1. The van der Waals surface area contributed by atoms with Crippen molar-refractivity contribution in [1.29, 1.82) is 0 Å². The normalized spacial score (nSPS) is 14.8. The summed E-state index contributed by atoms with van der Waals surface area (Å²) in [7, 11) is 1.67. The van der Waals surface area contributed by atoms with E-state index in [1.54, 1.807) is 19.2 Å². The van der Waals surface area contributed by atoms with Crippen LogP contribution in [-0.2, 0) is 11.2 Å². The van der Waals surface area contributed by atoms with E-state index in [1.807, 2.05) is 13.0 Å². The van der Waals surface area contributed by atoms with Gasteiger partial charge < -0.3 is 10.5 Å². The second-order valence-electron chi connectivity index (χ2n) is 3.79. The highest BCUT2D eigenvalue weighted by atomic mass is 35.5. The predicted octanol–water partition coefficient (Wildman–Crippen LogP) is 3.29. The Labute approximate surface area is 107 Å². The molecule has 0 radical (unpaired) electrons. The van der Waals surface area contributed by atoms with Crippen LogP contribution in [-0.4, -0.2) is 19.3 Å². The Morgan fingerprint density at radius 1 is 1.38 bits per heavy atom. The van der Waals surface area contributed by atoms with E-state index in [9.17, 15) is 0 Å². The van der Waals surface area contributed by atoms with E-state index < -0.39 is 0 Å². The quantitative estimate of drug-likeness (QED) is 0.883. The highest BCUT2D eigenvalue weighted by Gasteiger charge is 2.16. The van der Waals surface area contributed by atoms with Crippen LogP contribution in [0.25, 0.3) is 0 Å². The molecule has 0 aliphatic rings. The van der Waals surface area contributed by atoms with Crippen molar-refractivity contribution in [3.63, 3.8) is 0 Å². The van der Waals surface area contributed by atoms with Gasteiger partial charge in [0, 0.05) is 23.2 Å². The minimum atomic E-state index is -0.0639. The van der Waals surface area contributed by atoms with Gasteiger partial charge in [-0.15, -0.1) is 0 Å². The third-order valence-electron chi connectivity index (χ3n) is 2.65. The minimum absolute atomic E-state index is 0.0510. The molecule has 1 aromatic rings. The van der Waals surface area contributed by atoms with Crippen molar-refractivity contribution in [3.8, 4) is 0 Å². The zero-order valence-corrected chi connectivity index (χ0v) is 11.1. The summed E-state index contributed by atoms with van der Waals surface area (Å²) in [6.45, 7) is 2.05. The fourth-order valence-electron chi connectivity index (χ4n) is 1.73. The summed E-state index contributed by atoms with van der Waals surface area (Å²) in [4.78, 5) is 0. The van der Waals surface area contributed by atoms with Gasteiger partial charge in [0.25, 0.3) is 0 Å². The van der Waals surface area contributed by atoms with Crippen molar-refractivity contribution >= 4 is 23.2 Å². The molecule has 0 heterocycles. The fraction of sp³-hybridized carbons (Fsp3) is 0.500. The third-order valence-corrected chi connectivity index (χ3v) is 3.25. The van der Waals surface area contributed by atoms with Crippen LogP contribution in [0.4, 0.5) is 0 Å². The third kappa shape index (κ3) is 3.63. The molecule has 0 amide bonds. The monoisotopic (exact) mass is 261 g/mol. The molecule has 2 unspecified atom stereocenters. The second-order valence-corrected chi connectivity index (χ2v) is 4.63.